The summed E-state index contributed by atoms with van der Waals surface area (Å²) in [5, 5.41) is 14.7. The van der Waals surface area contributed by atoms with E-state index in [-0.39, 0.29) is 25.0 Å². The van der Waals surface area contributed by atoms with Crippen molar-refractivity contribution in [3.05, 3.63) is 45.1 Å². The van der Waals surface area contributed by atoms with E-state index in [4.69, 9.17) is 26.3 Å². The number of carbonyl (C=O) groups excluding carboxylic acids is 2. The lowest BCUT2D eigenvalue weighted by Crippen LogP contribution is -2.57. The quantitative estimate of drug-likeness (QED) is 0.626. The molecule has 0 saturated carbocycles. The van der Waals surface area contributed by atoms with Crippen LogP contribution in [0.4, 0.5) is 11.4 Å². The molecule has 1 aromatic heterocycles. The van der Waals surface area contributed by atoms with E-state index in [1.165, 1.54) is 0 Å². The number of benzene rings is 1. The number of aliphatic imine (C=N–C) groups is 1. The molecule has 2 fully saturated rings. The number of nitriles is 1. The van der Waals surface area contributed by atoms with Gasteiger partial charge < -0.3 is 25.0 Å². The standard InChI is InChI=1S/C22H22ClN5O4S/c1-14-10-15(2-3-16(14)28-7-9-31-11-19(28)25-13-24)26-21(30)22(6-8-32-12-22)27-20(29)17-4-5-18(23)33-17/h2-5,10H,6-9,11-12H2,1H3,(H,26,30)(H,27,29)/t22-/m0/s1. The maximum absolute atomic E-state index is 13.2. The molecular weight excluding hydrogens is 466 g/mol. The third-order valence-corrected chi connectivity index (χ3v) is 6.76. The molecule has 3 heterocycles. The summed E-state index contributed by atoms with van der Waals surface area (Å²) < 4.78 is 11.4. The lowest BCUT2D eigenvalue weighted by Gasteiger charge is -2.31. The van der Waals surface area contributed by atoms with Gasteiger partial charge in [-0.2, -0.15) is 10.3 Å². The van der Waals surface area contributed by atoms with Crippen LogP contribution in [-0.2, 0) is 14.3 Å². The maximum atomic E-state index is 13.2. The molecule has 1 atom stereocenters. The number of morpholine rings is 1. The van der Waals surface area contributed by atoms with E-state index in [1.54, 1.807) is 18.2 Å². The van der Waals surface area contributed by atoms with Crippen molar-refractivity contribution < 1.29 is 19.1 Å². The molecule has 2 aromatic rings. The number of nitrogens with one attached hydrogen (secondary N) is 2. The summed E-state index contributed by atoms with van der Waals surface area (Å²) in [4.78, 5) is 32.2. The molecule has 0 unspecified atom stereocenters. The molecule has 4 rings (SSSR count). The van der Waals surface area contributed by atoms with Crippen LogP contribution in [-0.4, -0.2) is 56.2 Å². The average Bonchev–Trinajstić information content (AvgIpc) is 3.45. The predicted molar refractivity (Wildman–Crippen MR) is 126 cm³/mol. The average molecular weight is 488 g/mol. The van der Waals surface area contributed by atoms with Crippen molar-refractivity contribution in [3.63, 3.8) is 0 Å². The fourth-order valence-electron chi connectivity index (χ4n) is 3.84. The summed E-state index contributed by atoms with van der Waals surface area (Å²) >= 11 is 7.09. The number of aryl methyl sites for hydroxylation is 1. The molecule has 2 aliphatic rings. The molecule has 1 aromatic carbocycles. The number of halogens is 1. The fraction of sp³-hybridized carbons (Fsp3) is 0.364. The molecule has 2 amide bonds. The number of thiophene rings is 1. The van der Waals surface area contributed by atoms with Crippen LogP contribution in [0, 0.1) is 18.4 Å². The minimum atomic E-state index is -1.17. The van der Waals surface area contributed by atoms with E-state index in [0.29, 0.717) is 46.9 Å². The monoisotopic (exact) mass is 487 g/mol. The number of amides is 2. The largest absolute Gasteiger partial charge is 0.378 e. The van der Waals surface area contributed by atoms with Gasteiger partial charge in [0.2, 0.25) is 6.19 Å². The highest BCUT2D eigenvalue weighted by molar-refractivity contribution is 7.18. The van der Waals surface area contributed by atoms with Crippen LogP contribution in [0.5, 0.6) is 0 Å². The predicted octanol–water partition coefficient (Wildman–Crippen LogP) is 2.95. The summed E-state index contributed by atoms with van der Waals surface area (Å²) in [6.07, 6.45) is 2.18. The van der Waals surface area contributed by atoms with Crippen LogP contribution in [0.1, 0.15) is 21.7 Å². The van der Waals surface area contributed by atoms with Crippen molar-refractivity contribution >= 4 is 52.0 Å². The maximum Gasteiger partial charge on any atom is 0.262 e. The van der Waals surface area contributed by atoms with Gasteiger partial charge in [0, 0.05) is 30.9 Å². The summed E-state index contributed by atoms with van der Waals surface area (Å²) in [6, 6.07) is 8.76. The van der Waals surface area contributed by atoms with E-state index in [9.17, 15) is 9.59 Å². The van der Waals surface area contributed by atoms with Crippen LogP contribution in [0.25, 0.3) is 0 Å². The number of ether oxygens (including phenoxy) is 2. The lowest BCUT2D eigenvalue weighted by atomic mass is 9.96. The number of hydrogen-bond acceptors (Lipinski definition) is 7. The molecule has 33 heavy (non-hydrogen) atoms. The van der Waals surface area contributed by atoms with E-state index < -0.39 is 5.54 Å². The van der Waals surface area contributed by atoms with Crippen LogP contribution >= 0.6 is 22.9 Å². The van der Waals surface area contributed by atoms with Crippen LogP contribution < -0.4 is 15.5 Å². The zero-order valence-corrected chi connectivity index (χ0v) is 19.5. The fourth-order valence-corrected chi connectivity index (χ4v) is 4.78. The SMILES string of the molecule is Cc1cc(NC(=O)[C@]2(NC(=O)c3ccc(Cl)s3)CCOC2)ccc1N1CCOCC1=NC#N. The van der Waals surface area contributed by atoms with Crippen molar-refractivity contribution in [3.8, 4) is 6.19 Å². The van der Waals surface area contributed by atoms with Crippen molar-refractivity contribution in [2.24, 2.45) is 4.99 Å². The second-order valence-corrected chi connectivity index (χ2v) is 9.45. The molecule has 2 N–H and O–H groups in total. The second kappa shape index (κ2) is 9.89. The Bertz CT molecular complexity index is 1140. The Morgan fingerprint density at radius 2 is 2.12 bits per heavy atom. The molecule has 0 radical (unpaired) electrons. The second-order valence-electron chi connectivity index (χ2n) is 7.73. The highest BCUT2D eigenvalue weighted by atomic mass is 35.5. The Hall–Kier alpha value is -2.97. The van der Waals surface area contributed by atoms with Gasteiger partial charge in [0.1, 0.15) is 18.0 Å². The molecule has 11 heteroatoms. The van der Waals surface area contributed by atoms with Crippen molar-refractivity contribution in [1.29, 1.82) is 5.26 Å². The number of nitrogens with zero attached hydrogens (tertiary/aromatic N) is 3. The van der Waals surface area contributed by atoms with Crippen LogP contribution in [0.2, 0.25) is 4.34 Å². The smallest absolute Gasteiger partial charge is 0.262 e. The number of hydrogen-bond donors (Lipinski definition) is 2. The highest BCUT2D eigenvalue weighted by Crippen LogP contribution is 2.28. The molecule has 9 nitrogen and oxygen atoms in total. The van der Waals surface area contributed by atoms with Gasteiger partial charge in [0.25, 0.3) is 11.8 Å². The Balaban J connectivity index is 1.51. The zero-order chi connectivity index (χ0) is 23.4. The summed E-state index contributed by atoms with van der Waals surface area (Å²) in [5.41, 5.74) is 1.20. The first kappa shape index (κ1) is 23.2. The summed E-state index contributed by atoms with van der Waals surface area (Å²) in [5.74, 6) is -0.168. The normalized spacial score (nSPS) is 21.6. The van der Waals surface area contributed by atoms with Gasteiger partial charge in [0.15, 0.2) is 0 Å². The molecule has 172 valence electrons. The van der Waals surface area contributed by atoms with Crippen molar-refractivity contribution in [2.75, 3.05) is 43.2 Å². The third-order valence-electron chi connectivity index (χ3n) is 5.53. The molecule has 0 bridgehead atoms. The third kappa shape index (κ3) is 5.02. The van der Waals surface area contributed by atoms with Gasteiger partial charge >= 0.3 is 0 Å². The Labute approximate surface area is 199 Å². The number of rotatable bonds is 5. The van der Waals surface area contributed by atoms with E-state index in [2.05, 4.69) is 15.6 Å². The molecular formula is C22H22ClN5O4S. The first-order valence-electron chi connectivity index (χ1n) is 10.3. The van der Waals surface area contributed by atoms with Gasteiger partial charge in [-0.05, 0) is 42.8 Å². The number of anilines is 2. The van der Waals surface area contributed by atoms with Gasteiger partial charge in [-0.3, -0.25) is 9.59 Å². The highest BCUT2D eigenvalue weighted by Gasteiger charge is 2.44. The minimum absolute atomic E-state index is 0.0858. The van der Waals surface area contributed by atoms with Gasteiger partial charge in [-0.25, -0.2) is 0 Å². The number of carbonyl (C=O) groups is 2. The van der Waals surface area contributed by atoms with Crippen LogP contribution in [0.15, 0.2) is 35.3 Å². The number of amidine groups is 1. The van der Waals surface area contributed by atoms with E-state index in [0.717, 1.165) is 22.6 Å². The molecule has 2 aliphatic heterocycles. The Morgan fingerprint density at radius 1 is 1.27 bits per heavy atom. The first-order valence-corrected chi connectivity index (χ1v) is 11.5. The molecule has 0 aliphatic carbocycles. The van der Waals surface area contributed by atoms with Crippen molar-refractivity contribution in [1.82, 2.24) is 5.32 Å². The van der Waals surface area contributed by atoms with Crippen molar-refractivity contribution in [2.45, 2.75) is 18.9 Å². The van der Waals surface area contributed by atoms with E-state index >= 15 is 0 Å². The van der Waals surface area contributed by atoms with E-state index in [1.807, 2.05) is 30.1 Å². The zero-order valence-electron chi connectivity index (χ0n) is 17.9. The Morgan fingerprint density at radius 3 is 2.79 bits per heavy atom. The summed E-state index contributed by atoms with van der Waals surface area (Å²) in [6.45, 7) is 3.74. The molecule has 0 spiro atoms. The van der Waals surface area contributed by atoms with Crippen LogP contribution in [0.3, 0.4) is 0 Å². The van der Waals surface area contributed by atoms with Gasteiger partial charge in [-0.15, -0.1) is 11.3 Å². The Kier molecular flexibility index (Phi) is 6.95. The van der Waals surface area contributed by atoms with Gasteiger partial charge in [-0.1, -0.05) is 11.6 Å². The topological polar surface area (TPSA) is 116 Å². The summed E-state index contributed by atoms with van der Waals surface area (Å²) in [7, 11) is 0. The lowest BCUT2D eigenvalue weighted by molar-refractivity contribution is -0.122. The molecule has 2 saturated heterocycles. The minimum Gasteiger partial charge on any atom is -0.378 e. The van der Waals surface area contributed by atoms with Gasteiger partial charge in [0.05, 0.1) is 22.4 Å². The first-order chi connectivity index (χ1) is 15.9.